The zero-order valence-electron chi connectivity index (χ0n) is 10.2. The minimum Gasteiger partial charge on any atom is -0.340 e. The Hall–Kier alpha value is -1.41. The van der Waals surface area contributed by atoms with Crippen LogP contribution in [0.2, 0.25) is 0 Å². The lowest BCUT2D eigenvalue weighted by Crippen LogP contribution is -2.34. The van der Waals surface area contributed by atoms with Gasteiger partial charge in [0.25, 0.3) is 0 Å². The third-order valence-corrected chi connectivity index (χ3v) is 3.35. The number of carbonyl (C=O) groups is 1. The lowest BCUT2D eigenvalue weighted by molar-refractivity contribution is -0.120. The fraction of sp³-hybridized carbons (Fsp3) is 0.583. The summed E-state index contributed by atoms with van der Waals surface area (Å²) in [6.07, 6.45) is 2.73. The predicted molar refractivity (Wildman–Crippen MR) is 67.6 cm³/mol. The van der Waals surface area contributed by atoms with Gasteiger partial charge in [-0.25, -0.2) is 4.98 Å². The van der Waals surface area contributed by atoms with E-state index in [1.165, 1.54) is 0 Å². The number of carbonyl (C=O) groups excluding carboxylic acids is 1. The van der Waals surface area contributed by atoms with Crippen molar-refractivity contribution >= 4 is 17.2 Å². The molecule has 1 atom stereocenters. The molecule has 5 heteroatoms. The van der Waals surface area contributed by atoms with Crippen LogP contribution in [-0.4, -0.2) is 16.9 Å². The molecule has 1 N–H and O–H groups in total. The molecule has 1 rings (SSSR count). The van der Waals surface area contributed by atoms with Crippen LogP contribution in [0.1, 0.15) is 37.4 Å². The topological polar surface area (TPSA) is 65.8 Å². The Kier molecular flexibility index (Phi) is 5.64. The van der Waals surface area contributed by atoms with Crippen LogP contribution in [0.3, 0.4) is 0 Å². The minimum atomic E-state index is -0.378. The van der Waals surface area contributed by atoms with Crippen molar-refractivity contribution in [3.05, 3.63) is 16.1 Å². The largest absolute Gasteiger partial charge is 0.340 e. The second-order valence-corrected chi connectivity index (χ2v) is 4.74. The van der Waals surface area contributed by atoms with Crippen molar-refractivity contribution in [2.45, 2.75) is 45.6 Å². The maximum Gasteiger partial charge on any atom is 0.227 e. The molecule has 0 aliphatic rings. The van der Waals surface area contributed by atoms with Gasteiger partial charge in [0.15, 0.2) is 0 Å². The molecule has 0 bridgehead atoms. The number of nitrogens with one attached hydrogen (secondary N) is 1. The fourth-order valence-corrected chi connectivity index (χ4v) is 2.20. The number of rotatable bonds is 6. The Labute approximate surface area is 106 Å². The van der Waals surface area contributed by atoms with Crippen LogP contribution in [0.15, 0.2) is 5.38 Å². The quantitative estimate of drug-likeness (QED) is 0.841. The smallest absolute Gasteiger partial charge is 0.227 e. The first-order valence-electron chi connectivity index (χ1n) is 5.81. The van der Waals surface area contributed by atoms with Gasteiger partial charge in [0, 0.05) is 5.38 Å². The van der Waals surface area contributed by atoms with Crippen molar-refractivity contribution < 1.29 is 4.79 Å². The predicted octanol–water partition coefficient (Wildman–Crippen LogP) is 2.06. The molecule has 0 spiro atoms. The molecule has 0 saturated carbocycles. The van der Waals surface area contributed by atoms with Crippen molar-refractivity contribution in [2.75, 3.05) is 0 Å². The first-order valence-corrected chi connectivity index (χ1v) is 6.69. The molecule has 1 aromatic heterocycles. The van der Waals surface area contributed by atoms with E-state index in [1.54, 1.807) is 11.3 Å². The summed E-state index contributed by atoms with van der Waals surface area (Å²) >= 11 is 1.57. The highest BCUT2D eigenvalue weighted by Crippen LogP contribution is 2.10. The molecule has 0 aliphatic heterocycles. The molecular weight excluding hydrogens is 234 g/mol. The number of amides is 1. The Morgan fingerprint density at radius 1 is 1.65 bits per heavy atom. The second-order valence-electron chi connectivity index (χ2n) is 3.80. The van der Waals surface area contributed by atoms with Gasteiger partial charge in [-0.3, -0.25) is 4.79 Å². The number of hydrogen-bond donors (Lipinski definition) is 1. The van der Waals surface area contributed by atoms with Crippen LogP contribution in [-0.2, 0) is 17.6 Å². The highest BCUT2D eigenvalue weighted by molar-refractivity contribution is 7.09. The Morgan fingerprint density at radius 2 is 2.41 bits per heavy atom. The lowest BCUT2D eigenvalue weighted by Gasteiger charge is -2.09. The van der Waals surface area contributed by atoms with Crippen molar-refractivity contribution in [1.29, 1.82) is 5.26 Å². The first-order chi connectivity index (χ1) is 8.19. The third-order valence-electron chi connectivity index (χ3n) is 2.31. The summed E-state index contributed by atoms with van der Waals surface area (Å²) in [5.41, 5.74) is 0.789. The molecule has 0 aromatic carbocycles. The Bertz CT molecular complexity index is 408. The summed E-state index contributed by atoms with van der Waals surface area (Å²) in [5, 5.41) is 14.5. The van der Waals surface area contributed by atoms with Crippen LogP contribution >= 0.6 is 11.3 Å². The number of aryl methyl sites for hydroxylation is 1. The summed E-state index contributed by atoms with van der Waals surface area (Å²) in [6.45, 7) is 4.03. The highest BCUT2D eigenvalue weighted by atomic mass is 32.1. The summed E-state index contributed by atoms with van der Waals surface area (Å²) in [4.78, 5) is 16.0. The monoisotopic (exact) mass is 251 g/mol. The van der Waals surface area contributed by atoms with E-state index in [9.17, 15) is 4.79 Å². The molecule has 1 heterocycles. The van der Waals surface area contributed by atoms with Gasteiger partial charge in [-0.15, -0.1) is 11.3 Å². The van der Waals surface area contributed by atoms with Crippen molar-refractivity contribution in [3.63, 3.8) is 0 Å². The summed E-state index contributed by atoms with van der Waals surface area (Å²) in [6, 6.07) is 1.71. The number of nitrogens with zero attached hydrogens (tertiary/aromatic N) is 2. The van der Waals surface area contributed by atoms with E-state index in [2.05, 4.69) is 16.4 Å². The summed E-state index contributed by atoms with van der Waals surface area (Å²) in [7, 11) is 0. The van der Waals surface area contributed by atoms with Gasteiger partial charge in [-0.1, -0.05) is 20.3 Å². The normalized spacial score (nSPS) is 11.8. The zero-order valence-corrected chi connectivity index (χ0v) is 11.0. The molecule has 0 aliphatic carbocycles. The average Bonchev–Trinajstić information content (AvgIpc) is 2.76. The van der Waals surface area contributed by atoms with Gasteiger partial charge in [0.2, 0.25) is 5.91 Å². The lowest BCUT2D eigenvalue weighted by atomic mass is 10.2. The van der Waals surface area contributed by atoms with Crippen molar-refractivity contribution in [3.8, 4) is 6.07 Å². The molecule has 0 unspecified atom stereocenters. The van der Waals surface area contributed by atoms with Crippen LogP contribution in [0.5, 0.6) is 0 Å². The van der Waals surface area contributed by atoms with Gasteiger partial charge in [0.1, 0.15) is 6.04 Å². The van der Waals surface area contributed by atoms with Crippen LogP contribution < -0.4 is 5.32 Å². The summed E-state index contributed by atoms with van der Waals surface area (Å²) < 4.78 is 0. The van der Waals surface area contributed by atoms with Gasteiger partial charge in [0.05, 0.1) is 23.2 Å². The standard InChI is InChI=1S/C12H17N3OS/c1-3-5-9(7-13)14-11(16)6-10-8-17-12(4-2)15-10/h8-9H,3-6H2,1-2H3,(H,14,16)/t9-/m1/s1. The molecule has 17 heavy (non-hydrogen) atoms. The van der Waals surface area contributed by atoms with Crippen molar-refractivity contribution in [2.24, 2.45) is 0 Å². The highest BCUT2D eigenvalue weighted by Gasteiger charge is 2.12. The first kappa shape index (κ1) is 13.7. The van der Waals surface area contributed by atoms with Crippen LogP contribution in [0, 0.1) is 11.3 Å². The Balaban J connectivity index is 2.46. The molecular formula is C12H17N3OS. The molecule has 1 amide bonds. The van der Waals surface area contributed by atoms with E-state index in [0.29, 0.717) is 6.42 Å². The maximum absolute atomic E-state index is 11.7. The molecule has 0 fully saturated rings. The van der Waals surface area contributed by atoms with Crippen molar-refractivity contribution in [1.82, 2.24) is 10.3 Å². The fourth-order valence-electron chi connectivity index (χ4n) is 1.46. The van der Waals surface area contributed by atoms with E-state index < -0.39 is 0 Å². The van der Waals surface area contributed by atoms with Crippen LogP contribution in [0.25, 0.3) is 0 Å². The van der Waals surface area contributed by atoms with Crippen LogP contribution in [0.4, 0.5) is 0 Å². The number of nitriles is 1. The van der Waals surface area contributed by atoms with Gasteiger partial charge in [-0.2, -0.15) is 5.26 Å². The Morgan fingerprint density at radius 3 is 2.94 bits per heavy atom. The van der Waals surface area contributed by atoms with Gasteiger partial charge < -0.3 is 5.32 Å². The zero-order chi connectivity index (χ0) is 12.7. The minimum absolute atomic E-state index is 0.127. The van der Waals surface area contributed by atoms with E-state index in [1.807, 2.05) is 19.2 Å². The molecule has 1 aromatic rings. The summed E-state index contributed by atoms with van der Waals surface area (Å²) in [5.74, 6) is -0.127. The molecule has 4 nitrogen and oxygen atoms in total. The number of aromatic nitrogens is 1. The third kappa shape index (κ3) is 4.53. The van der Waals surface area contributed by atoms with E-state index in [4.69, 9.17) is 5.26 Å². The van der Waals surface area contributed by atoms with E-state index in [0.717, 1.165) is 23.5 Å². The SMILES string of the molecule is CCC[C@H](C#N)NC(=O)Cc1csc(CC)n1. The van der Waals surface area contributed by atoms with E-state index in [-0.39, 0.29) is 18.4 Å². The molecule has 0 radical (unpaired) electrons. The van der Waals surface area contributed by atoms with E-state index >= 15 is 0 Å². The maximum atomic E-state index is 11.7. The molecule has 0 saturated heterocycles. The second kappa shape index (κ2) is 7.02. The number of thiazole rings is 1. The van der Waals surface area contributed by atoms with Gasteiger partial charge >= 0.3 is 0 Å². The van der Waals surface area contributed by atoms with Gasteiger partial charge in [-0.05, 0) is 12.8 Å². The number of hydrogen-bond acceptors (Lipinski definition) is 4. The average molecular weight is 251 g/mol. The molecule has 92 valence electrons.